The SMILES string of the molecule is C1=CCCCCCCCCCCCCCCCCCCCCCCCCC/C=C\1. The second-order valence-electron chi connectivity index (χ2n) is 9.57. The third kappa shape index (κ3) is 22.0. The Morgan fingerprint density at radius 3 is 0.586 bits per heavy atom. The van der Waals surface area contributed by atoms with E-state index in [0.717, 1.165) is 0 Å². The van der Waals surface area contributed by atoms with Crippen molar-refractivity contribution in [3.63, 3.8) is 0 Å². The first-order valence-corrected chi connectivity index (χ1v) is 13.8. The highest BCUT2D eigenvalue weighted by Gasteiger charge is 1.96. The second-order valence-corrected chi connectivity index (χ2v) is 9.57. The summed E-state index contributed by atoms with van der Waals surface area (Å²) in [5, 5.41) is 0. The standard InChI is InChI=1S/C29H54/c1-2-4-6-8-10-12-14-16-18-20-22-24-26-28-29-27-25-23-21-19-17-15-13-11-9-7-5-3-1/h1-4H,5-29H2/b3-1-,4-2?. The molecule has 1 rings (SSSR count). The first-order chi connectivity index (χ1) is 14.5. The molecule has 0 heteroatoms. The Morgan fingerprint density at radius 1 is 0.207 bits per heavy atom. The van der Waals surface area contributed by atoms with E-state index < -0.39 is 0 Å². The van der Waals surface area contributed by atoms with Crippen LogP contribution in [0.1, 0.15) is 161 Å². The third-order valence-corrected chi connectivity index (χ3v) is 6.62. The van der Waals surface area contributed by atoms with Gasteiger partial charge in [-0.1, -0.05) is 159 Å². The van der Waals surface area contributed by atoms with E-state index in [-0.39, 0.29) is 0 Å². The largest absolute Gasteiger partial charge is 0.0845 e. The van der Waals surface area contributed by atoms with Gasteiger partial charge in [-0.2, -0.15) is 0 Å². The van der Waals surface area contributed by atoms with Gasteiger partial charge < -0.3 is 0 Å². The van der Waals surface area contributed by atoms with Crippen molar-refractivity contribution < 1.29 is 0 Å². The molecule has 0 bridgehead atoms. The van der Waals surface area contributed by atoms with Crippen LogP contribution in [-0.2, 0) is 0 Å². The summed E-state index contributed by atoms with van der Waals surface area (Å²) in [4.78, 5) is 0. The van der Waals surface area contributed by atoms with Crippen LogP contribution in [0, 0.1) is 0 Å². The van der Waals surface area contributed by atoms with Crippen LogP contribution < -0.4 is 0 Å². The Labute approximate surface area is 185 Å². The molecular formula is C29H54. The van der Waals surface area contributed by atoms with E-state index >= 15 is 0 Å². The molecule has 0 aromatic heterocycles. The summed E-state index contributed by atoms with van der Waals surface area (Å²) < 4.78 is 0. The quantitative estimate of drug-likeness (QED) is 0.378. The summed E-state index contributed by atoms with van der Waals surface area (Å²) in [6.45, 7) is 0. The van der Waals surface area contributed by atoms with Crippen molar-refractivity contribution in [1.82, 2.24) is 0 Å². The van der Waals surface area contributed by atoms with E-state index in [0.29, 0.717) is 0 Å². The minimum atomic E-state index is 1.27. The lowest BCUT2D eigenvalue weighted by molar-refractivity contribution is 0.517. The van der Waals surface area contributed by atoms with Crippen LogP contribution in [0.15, 0.2) is 24.3 Å². The molecule has 29 heavy (non-hydrogen) atoms. The van der Waals surface area contributed by atoms with E-state index in [2.05, 4.69) is 24.3 Å². The minimum Gasteiger partial charge on any atom is -0.0845 e. The molecule has 1 aliphatic rings. The molecule has 0 aromatic carbocycles. The predicted octanol–water partition coefficient (Wildman–Crippen LogP) is 10.9. The summed E-state index contributed by atoms with van der Waals surface area (Å²) in [7, 11) is 0. The zero-order chi connectivity index (χ0) is 20.5. The molecule has 0 spiro atoms. The Bertz CT molecular complexity index is 317. The van der Waals surface area contributed by atoms with Gasteiger partial charge in [0, 0.05) is 0 Å². The molecule has 0 atom stereocenters. The Hall–Kier alpha value is -0.520. The van der Waals surface area contributed by atoms with Crippen LogP contribution >= 0.6 is 0 Å². The Balaban J connectivity index is 2.07. The maximum atomic E-state index is 2.37. The summed E-state index contributed by atoms with van der Waals surface area (Å²) in [6, 6.07) is 0. The molecule has 0 fully saturated rings. The third-order valence-electron chi connectivity index (χ3n) is 6.62. The van der Waals surface area contributed by atoms with Crippen LogP contribution in [0.3, 0.4) is 0 Å². The van der Waals surface area contributed by atoms with Crippen LogP contribution in [0.2, 0.25) is 0 Å². The second kappa shape index (κ2) is 23.8. The van der Waals surface area contributed by atoms with Gasteiger partial charge >= 0.3 is 0 Å². The van der Waals surface area contributed by atoms with Gasteiger partial charge in [0.2, 0.25) is 0 Å². The van der Waals surface area contributed by atoms with Gasteiger partial charge in [-0.25, -0.2) is 0 Å². The van der Waals surface area contributed by atoms with Crippen LogP contribution in [-0.4, -0.2) is 0 Å². The minimum absolute atomic E-state index is 1.27. The van der Waals surface area contributed by atoms with E-state index in [9.17, 15) is 0 Å². The molecule has 0 unspecified atom stereocenters. The lowest BCUT2D eigenvalue weighted by Crippen LogP contribution is -1.84. The van der Waals surface area contributed by atoms with Gasteiger partial charge in [-0.3, -0.25) is 0 Å². The van der Waals surface area contributed by atoms with E-state index in [4.69, 9.17) is 0 Å². The summed E-state index contributed by atoms with van der Waals surface area (Å²) in [5.74, 6) is 0. The Kier molecular flexibility index (Phi) is 21.7. The highest BCUT2D eigenvalue weighted by Crippen LogP contribution is 2.16. The van der Waals surface area contributed by atoms with E-state index in [1.165, 1.54) is 161 Å². The van der Waals surface area contributed by atoms with Crippen molar-refractivity contribution in [2.45, 2.75) is 161 Å². The van der Waals surface area contributed by atoms with Crippen molar-refractivity contribution in [3.05, 3.63) is 24.3 Å². The first kappa shape index (κ1) is 26.5. The van der Waals surface area contributed by atoms with Crippen LogP contribution in [0.5, 0.6) is 0 Å². The maximum absolute atomic E-state index is 2.37. The molecule has 0 nitrogen and oxygen atoms in total. The number of rotatable bonds is 0. The highest BCUT2D eigenvalue weighted by molar-refractivity contribution is 5.02. The van der Waals surface area contributed by atoms with Crippen molar-refractivity contribution in [2.75, 3.05) is 0 Å². The highest BCUT2D eigenvalue weighted by atomic mass is 14.0. The molecule has 0 aromatic rings. The van der Waals surface area contributed by atoms with Crippen molar-refractivity contribution >= 4 is 0 Å². The molecule has 0 amide bonds. The molecule has 1 aliphatic carbocycles. The van der Waals surface area contributed by atoms with Gasteiger partial charge in [0.15, 0.2) is 0 Å². The molecule has 0 heterocycles. The van der Waals surface area contributed by atoms with Gasteiger partial charge in [-0.05, 0) is 25.7 Å². The topological polar surface area (TPSA) is 0 Å². The lowest BCUT2D eigenvalue weighted by atomic mass is 10.0. The van der Waals surface area contributed by atoms with Crippen LogP contribution in [0.25, 0.3) is 0 Å². The van der Waals surface area contributed by atoms with Crippen molar-refractivity contribution in [3.8, 4) is 0 Å². The number of hydrogen-bond acceptors (Lipinski definition) is 0. The van der Waals surface area contributed by atoms with Crippen LogP contribution in [0.4, 0.5) is 0 Å². The zero-order valence-electron chi connectivity index (χ0n) is 20.0. The van der Waals surface area contributed by atoms with Gasteiger partial charge in [-0.15, -0.1) is 0 Å². The van der Waals surface area contributed by atoms with Crippen molar-refractivity contribution in [2.24, 2.45) is 0 Å². The summed E-state index contributed by atoms with van der Waals surface area (Å²) >= 11 is 0. The summed E-state index contributed by atoms with van der Waals surface area (Å²) in [5.41, 5.74) is 0. The van der Waals surface area contributed by atoms with Gasteiger partial charge in [0.25, 0.3) is 0 Å². The molecule has 170 valence electrons. The summed E-state index contributed by atoms with van der Waals surface area (Å²) in [6.07, 6.45) is 45.5. The zero-order valence-corrected chi connectivity index (χ0v) is 20.0. The fraction of sp³-hybridized carbons (Fsp3) is 0.862. The molecule has 0 saturated heterocycles. The molecule has 0 radical (unpaired) electrons. The van der Waals surface area contributed by atoms with Gasteiger partial charge in [0.1, 0.15) is 0 Å². The smallest absolute Gasteiger partial charge is 0.0348 e. The number of allylic oxidation sites excluding steroid dienone is 4. The predicted molar refractivity (Wildman–Crippen MR) is 134 cm³/mol. The molecular weight excluding hydrogens is 348 g/mol. The fourth-order valence-electron chi connectivity index (χ4n) is 4.59. The Morgan fingerprint density at radius 2 is 0.379 bits per heavy atom. The van der Waals surface area contributed by atoms with E-state index in [1.54, 1.807) is 0 Å². The molecule has 0 N–H and O–H groups in total. The number of hydrogen-bond donors (Lipinski definition) is 0. The van der Waals surface area contributed by atoms with Gasteiger partial charge in [0.05, 0.1) is 0 Å². The monoisotopic (exact) mass is 402 g/mol. The van der Waals surface area contributed by atoms with E-state index in [1.807, 2.05) is 0 Å². The molecule has 0 saturated carbocycles. The average Bonchev–Trinajstić information content (AvgIpc) is 2.73. The first-order valence-electron chi connectivity index (χ1n) is 13.8. The average molecular weight is 403 g/mol. The maximum Gasteiger partial charge on any atom is -0.0348 e. The molecule has 0 aliphatic heterocycles. The van der Waals surface area contributed by atoms with Crippen molar-refractivity contribution in [1.29, 1.82) is 0 Å². The lowest BCUT2D eigenvalue weighted by Gasteiger charge is -2.04. The normalized spacial score (nSPS) is 24.0. The fourth-order valence-corrected chi connectivity index (χ4v) is 4.59.